The van der Waals surface area contributed by atoms with Crippen molar-refractivity contribution in [2.24, 2.45) is 0 Å². The van der Waals surface area contributed by atoms with Crippen LogP contribution in [0.15, 0.2) is 17.6 Å². The third-order valence-electron chi connectivity index (χ3n) is 4.03. The van der Waals surface area contributed by atoms with Crippen molar-refractivity contribution >= 4 is 32.6 Å². The summed E-state index contributed by atoms with van der Waals surface area (Å²) in [7, 11) is 0. The molecule has 0 amide bonds. The molecule has 0 aliphatic carbocycles. The summed E-state index contributed by atoms with van der Waals surface area (Å²) in [5.74, 6) is 0.711. The fourth-order valence-corrected chi connectivity index (χ4v) is 3.98. The molecule has 3 aromatic heterocycles. The highest BCUT2D eigenvalue weighted by molar-refractivity contribution is 7.18. The van der Waals surface area contributed by atoms with Crippen LogP contribution >= 0.6 is 11.3 Å². The highest BCUT2D eigenvalue weighted by atomic mass is 32.1. The smallest absolute Gasteiger partial charge is 0.139 e. The van der Waals surface area contributed by atoms with Gasteiger partial charge in [-0.05, 0) is 31.2 Å². The highest BCUT2D eigenvalue weighted by Gasteiger charge is 2.25. The van der Waals surface area contributed by atoms with Crippen LogP contribution in [-0.4, -0.2) is 32.9 Å². The van der Waals surface area contributed by atoms with Crippen LogP contribution in [0.3, 0.4) is 0 Å². The molecule has 0 radical (unpaired) electrons. The number of aliphatic hydroxyl groups is 1. The average Bonchev–Trinajstić information content (AvgIpc) is 3.11. The standard InChI is InChI=1S/C15H17N3O2S/c1-9(19)15-17-12-7-16-11-4-6-21-14(11)13(12)18(15)10-3-2-5-20-8-10/h4,6-7,9-10,19H,2-3,5,8H2,1H3. The van der Waals surface area contributed by atoms with Gasteiger partial charge in [-0.1, -0.05) is 0 Å². The molecule has 4 heterocycles. The number of nitrogens with zero attached hydrogens (tertiary/aromatic N) is 3. The maximum atomic E-state index is 10.1. The van der Waals surface area contributed by atoms with Gasteiger partial charge in [0.05, 0.1) is 34.6 Å². The minimum atomic E-state index is -0.602. The molecule has 5 nitrogen and oxygen atoms in total. The van der Waals surface area contributed by atoms with Crippen molar-refractivity contribution in [2.75, 3.05) is 13.2 Å². The van der Waals surface area contributed by atoms with Crippen molar-refractivity contribution in [3.63, 3.8) is 0 Å². The Morgan fingerprint density at radius 3 is 3.14 bits per heavy atom. The Labute approximate surface area is 126 Å². The molecule has 4 rings (SSSR count). The molecule has 1 N–H and O–H groups in total. The van der Waals surface area contributed by atoms with Gasteiger partial charge in [0, 0.05) is 6.61 Å². The van der Waals surface area contributed by atoms with Gasteiger partial charge in [-0.3, -0.25) is 4.98 Å². The van der Waals surface area contributed by atoms with E-state index in [9.17, 15) is 5.11 Å². The Bertz CT molecular complexity index is 787. The molecule has 2 unspecified atom stereocenters. The van der Waals surface area contributed by atoms with E-state index in [1.54, 1.807) is 24.5 Å². The van der Waals surface area contributed by atoms with Crippen molar-refractivity contribution in [1.82, 2.24) is 14.5 Å². The van der Waals surface area contributed by atoms with Crippen LogP contribution in [0.5, 0.6) is 0 Å². The van der Waals surface area contributed by atoms with Crippen LogP contribution in [0, 0.1) is 0 Å². The van der Waals surface area contributed by atoms with E-state index in [0.717, 1.165) is 40.7 Å². The van der Waals surface area contributed by atoms with E-state index in [4.69, 9.17) is 4.74 Å². The van der Waals surface area contributed by atoms with Gasteiger partial charge in [-0.2, -0.15) is 0 Å². The van der Waals surface area contributed by atoms with Gasteiger partial charge in [-0.25, -0.2) is 4.98 Å². The summed E-state index contributed by atoms with van der Waals surface area (Å²) in [5, 5.41) is 12.2. The Kier molecular flexibility index (Phi) is 3.17. The molecule has 3 aromatic rings. The lowest BCUT2D eigenvalue weighted by Crippen LogP contribution is -2.23. The van der Waals surface area contributed by atoms with Crippen LogP contribution in [0.25, 0.3) is 21.3 Å². The fraction of sp³-hybridized carbons (Fsp3) is 0.467. The fourth-order valence-electron chi connectivity index (χ4n) is 3.09. The van der Waals surface area contributed by atoms with Gasteiger partial charge in [-0.15, -0.1) is 11.3 Å². The summed E-state index contributed by atoms with van der Waals surface area (Å²) in [6.45, 7) is 3.27. The van der Waals surface area contributed by atoms with E-state index in [2.05, 4.69) is 14.5 Å². The number of ether oxygens (including phenoxy) is 1. The van der Waals surface area contributed by atoms with Crippen molar-refractivity contribution in [1.29, 1.82) is 0 Å². The van der Waals surface area contributed by atoms with Gasteiger partial charge in [0.25, 0.3) is 0 Å². The van der Waals surface area contributed by atoms with Crippen LogP contribution in [0.2, 0.25) is 0 Å². The number of imidazole rings is 1. The molecule has 1 fully saturated rings. The molecule has 1 aliphatic heterocycles. The number of aliphatic hydroxyl groups excluding tert-OH is 1. The van der Waals surface area contributed by atoms with Crippen molar-refractivity contribution in [3.8, 4) is 0 Å². The summed E-state index contributed by atoms with van der Waals surface area (Å²) in [6, 6.07) is 2.26. The second-order valence-electron chi connectivity index (χ2n) is 5.51. The van der Waals surface area contributed by atoms with E-state index in [1.165, 1.54) is 0 Å². The average molecular weight is 303 g/mol. The third kappa shape index (κ3) is 2.06. The summed E-state index contributed by atoms with van der Waals surface area (Å²) in [4.78, 5) is 9.07. The zero-order valence-electron chi connectivity index (χ0n) is 11.8. The van der Waals surface area contributed by atoms with E-state index in [0.29, 0.717) is 12.4 Å². The van der Waals surface area contributed by atoms with Crippen LogP contribution in [0.4, 0.5) is 0 Å². The molecule has 110 valence electrons. The monoisotopic (exact) mass is 303 g/mol. The number of fused-ring (bicyclic) bond motifs is 3. The SMILES string of the molecule is CC(O)c1nc2cnc3ccsc3c2n1C1CCCOC1. The van der Waals surface area contributed by atoms with Crippen molar-refractivity contribution in [3.05, 3.63) is 23.5 Å². The van der Waals surface area contributed by atoms with E-state index in [1.807, 2.05) is 11.4 Å². The molecule has 6 heteroatoms. The number of thiophene rings is 1. The molecular weight excluding hydrogens is 286 g/mol. The first-order chi connectivity index (χ1) is 10.3. The van der Waals surface area contributed by atoms with E-state index >= 15 is 0 Å². The van der Waals surface area contributed by atoms with Gasteiger partial charge < -0.3 is 14.4 Å². The molecule has 2 atom stereocenters. The van der Waals surface area contributed by atoms with Crippen LogP contribution < -0.4 is 0 Å². The summed E-state index contributed by atoms with van der Waals surface area (Å²) >= 11 is 1.67. The quantitative estimate of drug-likeness (QED) is 0.790. The molecule has 21 heavy (non-hydrogen) atoms. The van der Waals surface area contributed by atoms with Gasteiger partial charge >= 0.3 is 0 Å². The molecule has 0 spiro atoms. The molecular formula is C15H17N3O2S. The maximum Gasteiger partial charge on any atom is 0.139 e. The maximum absolute atomic E-state index is 10.1. The van der Waals surface area contributed by atoms with Crippen LogP contribution in [0.1, 0.15) is 37.7 Å². The second kappa shape index (κ2) is 5.05. The first-order valence-electron chi connectivity index (χ1n) is 7.25. The third-order valence-corrected chi connectivity index (χ3v) is 4.94. The molecule has 1 saturated heterocycles. The van der Waals surface area contributed by atoms with Gasteiger partial charge in [0.1, 0.15) is 17.4 Å². The Morgan fingerprint density at radius 2 is 2.38 bits per heavy atom. The number of pyridine rings is 1. The molecule has 0 saturated carbocycles. The first-order valence-corrected chi connectivity index (χ1v) is 8.13. The Morgan fingerprint density at radius 1 is 1.48 bits per heavy atom. The van der Waals surface area contributed by atoms with Gasteiger partial charge in [0.15, 0.2) is 0 Å². The normalized spacial score (nSPS) is 21.1. The Balaban J connectivity index is 2.03. The minimum Gasteiger partial charge on any atom is -0.385 e. The predicted molar refractivity (Wildman–Crippen MR) is 82.6 cm³/mol. The number of hydrogen-bond donors (Lipinski definition) is 1. The number of hydrogen-bond acceptors (Lipinski definition) is 5. The molecule has 1 aliphatic rings. The Hall–Kier alpha value is -1.50. The lowest BCUT2D eigenvalue weighted by atomic mass is 10.1. The topological polar surface area (TPSA) is 60.2 Å². The summed E-state index contributed by atoms with van der Waals surface area (Å²) < 4.78 is 8.96. The molecule has 0 bridgehead atoms. The molecule has 0 aromatic carbocycles. The van der Waals surface area contributed by atoms with Crippen molar-refractivity contribution < 1.29 is 9.84 Å². The first kappa shape index (κ1) is 13.2. The number of rotatable bonds is 2. The van der Waals surface area contributed by atoms with Crippen LogP contribution in [-0.2, 0) is 4.74 Å². The van der Waals surface area contributed by atoms with E-state index < -0.39 is 6.10 Å². The lowest BCUT2D eigenvalue weighted by molar-refractivity contribution is 0.0565. The zero-order chi connectivity index (χ0) is 14.4. The van der Waals surface area contributed by atoms with Crippen molar-refractivity contribution in [2.45, 2.75) is 31.9 Å². The minimum absolute atomic E-state index is 0.237. The lowest BCUT2D eigenvalue weighted by Gasteiger charge is -2.26. The summed E-state index contributed by atoms with van der Waals surface area (Å²) in [5.41, 5.74) is 2.93. The predicted octanol–water partition coefficient (Wildman–Crippen LogP) is 3.05. The second-order valence-corrected chi connectivity index (χ2v) is 6.43. The largest absolute Gasteiger partial charge is 0.385 e. The highest BCUT2D eigenvalue weighted by Crippen LogP contribution is 2.34. The zero-order valence-corrected chi connectivity index (χ0v) is 12.6. The van der Waals surface area contributed by atoms with E-state index in [-0.39, 0.29) is 6.04 Å². The summed E-state index contributed by atoms with van der Waals surface area (Å²) in [6.07, 6.45) is 3.30. The van der Waals surface area contributed by atoms with Gasteiger partial charge in [0.2, 0.25) is 0 Å². The number of aromatic nitrogens is 3.